The molecule has 5 N–H and O–H groups in total. The third-order valence-corrected chi connectivity index (χ3v) is 4.86. The molecule has 10 heteroatoms. The number of hydrogen-bond donors (Lipinski definition) is 5. The van der Waals surface area contributed by atoms with Crippen molar-refractivity contribution >= 4 is 5.97 Å². The minimum atomic E-state index is -1.60. The Morgan fingerprint density at radius 1 is 1.12 bits per heavy atom. The summed E-state index contributed by atoms with van der Waals surface area (Å²) in [6, 6.07) is 0. The molecule has 2 aliphatic heterocycles. The molecule has 26 heavy (non-hydrogen) atoms. The molecular weight excluding hydrogens is 352 g/mol. The number of aliphatic hydroxyl groups excluding tert-OH is 5. The van der Waals surface area contributed by atoms with E-state index in [1.54, 1.807) is 6.08 Å². The molecule has 0 amide bonds. The third kappa shape index (κ3) is 3.25. The quantitative estimate of drug-likeness (QED) is 0.261. The highest BCUT2D eigenvalue weighted by Gasteiger charge is 2.50. The number of esters is 1. The van der Waals surface area contributed by atoms with Crippen LogP contribution in [0.4, 0.5) is 0 Å². The van der Waals surface area contributed by atoms with Crippen molar-refractivity contribution in [1.82, 2.24) is 0 Å². The number of rotatable bonds is 4. The second-order valence-electron chi connectivity index (χ2n) is 6.38. The number of aliphatic hydroxyl groups is 5. The van der Waals surface area contributed by atoms with Gasteiger partial charge in [-0.1, -0.05) is 12.2 Å². The Labute approximate surface area is 148 Å². The maximum absolute atomic E-state index is 11.8. The van der Waals surface area contributed by atoms with Crippen molar-refractivity contribution in [1.29, 1.82) is 0 Å². The second-order valence-corrected chi connectivity index (χ2v) is 6.38. The summed E-state index contributed by atoms with van der Waals surface area (Å²) < 4.78 is 20.9. The van der Waals surface area contributed by atoms with Crippen molar-refractivity contribution in [3.05, 3.63) is 24.0 Å². The van der Waals surface area contributed by atoms with E-state index in [0.717, 1.165) is 6.26 Å². The van der Waals surface area contributed by atoms with Gasteiger partial charge in [-0.05, 0) is 0 Å². The molecule has 0 spiro atoms. The fourth-order valence-electron chi connectivity index (χ4n) is 3.39. The van der Waals surface area contributed by atoms with Gasteiger partial charge in [-0.25, -0.2) is 4.79 Å². The largest absolute Gasteiger partial charge is 0.471 e. The van der Waals surface area contributed by atoms with Gasteiger partial charge in [0.1, 0.15) is 24.4 Å². The topological polar surface area (TPSA) is 155 Å². The Balaban J connectivity index is 1.77. The standard InChI is InChI=1S/C16H22O10/c1-23-14(22)7-5-24-15(10-6(7)2-3-8(10)18)26-16-13(21)12(20)11(19)9(4-17)25-16/h2-3,5-6,8-13,15-21H,4H2,1H3/t6-,8?,9-,10+,11-,12+,13-,15?,16+/m1/s1. The van der Waals surface area contributed by atoms with E-state index in [2.05, 4.69) is 0 Å². The van der Waals surface area contributed by atoms with Crippen molar-refractivity contribution in [2.75, 3.05) is 13.7 Å². The number of carbonyl (C=O) groups excluding carboxylic acids is 1. The van der Waals surface area contributed by atoms with Crippen LogP contribution in [0.15, 0.2) is 24.0 Å². The fraction of sp³-hybridized carbons (Fsp3) is 0.688. The zero-order valence-corrected chi connectivity index (χ0v) is 13.9. The van der Waals surface area contributed by atoms with E-state index in [9.17, 15) is 30.3 Å². The summed E-state index contributed by atoms with van der Waals surface area (Å²) in [7, 11) is 1.23. The lowest BCUT2D eigenvalue weighted by molar-refractivity contribution is -0.343. The van der Waals surface area contributed by atoms with Crippen LogP contribution in [0.5, 0.6) is 0 Å². The van der Waals surface area contributed by atoms with Gasteiger partial charge in [0.25, 0.3) is 0 Å². The van der Waals surface area contributed by atoms with Gasteiger partial charge in [0, 0.05) is 5.92 Å². The molecule has 10 nitrogen and oxygen atoms in total. The molecule has 0 saturated carbocycles. The summed E-state index contributed by atoms with van der Waals surface area (Å²) in [5.41, 5.74) is 0.207. The molecular formula is C16H22O10. The zero-order valence-electron chi connectivity index (χ0n) is 13.9. The van der Waals surface area contributed by atoms with Crippen LogP contribution in [0.25, 0.3) is 0 Å². The van der Waals surface area contributed by atoms with Gasteiger partial charge in [-0.2, -0.15) is 0 Å². The summed E-state index contributed by atoms with van der Waals surface area (Å²) in [6.45, 7) is -0.598. The van der Waals surface area contributed by atoms with Crippen molar-refractivity contribution in [3.63, 3.8) is 0 Å². The van der Waals surface area contributed by atoms with Crippen molar-refractivity contribution in [2.24, 2.45) is 11.8 Å². The SMILES string of the molecule is COC(=O)C1=COC(O[C@@H]2O[C@H](CO)[C@@H](O)[C@H](O)[C@H]2O)[C@@H]2C(O)C=C[C@H]12. The molecule has 2 heterocycles. The average Bonchev–Trinajstić information content (AvgIpc) is 3.04. The monoisotopic (exact) mass is 374 g/mol. The summed E-state index contributed by atoms with van der Waals surface area (Å²) in [6.07, 6.45) is -5.09. The van der Waals surface area contributed by atoms with Gasteiger partial charge < -0.3 is 44.5 Å². The van der Waals surface area contributed by atoms with Crippen molar-refractivity contribution < 1.29 is 49.3 Å². The molecule has 0 aromatic carbocycles. The fourth-order valence-corrected chi connectivity index (χ4v) is 3.39. The summed E-state index contributed by atoms with van der Waals surface area (Å²) >= 11 is 0. The molecule has 1 saturated heterocycles. The Bertz CT molecular complexity index is 588. The molecule has 0 aromatic heterocycles. The van der Waals surface area contributed by atoms with Crippen molar-refractivity contribution in [2.45, 2.75) is 43.1 Å². The Hall–Kier alpha value is -1.53. The normalized spacial score (nSPS) is 44.8. The number of fused-ring (bicyclic) bond motifs is 1. The molecule has 0 radical (unpaired) electrons. The van der Waals surface area contributed by atoms with E-state index in [0.29, 0.717) is 0 Å². The van der Waals surface area contributed by atoms with E-state index in [1.807, 2.05) is 0 Å². The second kappa shape index (κ2) is 7.61. The van der Waals surface area contributed by atoms with Gasteiger partial charge in [0.05, 0.1) is 37.6 Å². The van der Waals surface area contributed by atoms with Crippen LogP contribution in [-0.4, -0.2) is 88.3 Å². The first kappa shape index (κ1) is 19.2. The van der Waals surface area contributed by atoms with Crippen LogP contribution in [-0.2, 0) is 23.7 Å². The maximum Gasteiger partial charge on any atom is 0.337 e. The molecule has 2 unspecified atom stereocenters. The van der Waals surface area contributed by atoms with Gasteiger partial charge in [0.15, 0.2) is 6.29 Å². The molecule has 146 valence electrons. The lowest BCUT2D eigenvalue weighted by atomic mass is 9.85. The number of hydrogen-bond acceptors (Lipinski definition) is 10. The van der Waals surface area contributed by atoms with Crippen LogP contribution in [0.2, 0.25) is 0 Å². The van der Waals surface area contributed by atoms with Gasteiger partial charge >= 0.3 is 5.97 Å². The Morgan fingerprint density at radius 2 is 1.85 bits per heavy atom. The maximum atomic E-state index is 11.8. The molecule has 1 fully saturated rings. The third-order valence-electron chi connectivity index (χ3n) is 4.86. The van der Waals surface area contributed by atoms with Crippen molar-refractivity contribution in [3.8, 4) is 0 Å². The smallest absolute Gasteiger partial charge is 0.337 e. The van der Waals surface area contributed by atoms with Crippen LogP contribution in [0.1, 0.15) is 0 Å². The number of allylic oxidation sites excluding steroid dienone is 1. The number of ether oxygens (including phenoxy) is 4. The number of carbonyl (C=O) groups is 1. The minimum Gasteiger partial charge on any atom is -0.471 e. The molecule has 0 bridgehead atoms. The lowest BCUT2D eigenvalue weighted by Gasteiger charge is -2.42. The highest BCUT2D eigenvalue weighted by molar-refractivity contribution is 5.89. The lowest BCUT2D eigenvalue weighted by Crippen LogP contribution is -2.60. The Kier molecular flexibility index (Phi) is 5.63. The molecule has 3 rings (SSSR count). The Morgan fingerprint density at radius 3 is 2.50 bits per heavy atom. The van der Waals surface area contributed by atoms with Crippen LogP contribution < -0.4 is 0 Å². The molecule has 9 atom stereocenters. The average molecular weight is 374 g/mol. The van der Waals surface area contributed by atoms with Crippen LogP contribution >= 0.6 is 0 Å². The summed E-state index contributed by atoms with van der Waals surface area (Å²) in [5.74, 6) is -1.84. The first-order valence-electron chi connectivity index (χ1n) is 8.15. The molecule has 0 aromatic rings. The first-order valence-corrected chi connectivity index (χ1v) is 8.15. The van der Waals surface area contributed by atoms with Gasteiger partial charge in [0.2, 0.25) is 6.29 Å². The van der Waals surface area contributed by atoms with Gasteiger partial charge in [-0.3, -0.25) is 0 Å². The van der Waals surface area contributed by atoms with Crippen LogP contribution in [0, 0.1) is 11.8 Å². The predicted molar refractivity (Wildman–Crippen MR) is 82.0 cm³/mol. The zero-order chi connectivity index (χ0) is 19.0. The summed E-state index contributed by atoms with van der Waals surface area (Å²) in [5, 5.41) is 49.1. The molecule has 3 aliphatic rings. The first-order chi connectivity index (χ1) is 12.4. The van der Waals surface area contributed by atoms with E-state index in [1.165, 1.54) is 13.2 Å². The van der Waals surface area contributed by atoms with E-state index in [4.69, 9.17) is 18.9 Å². The summed E-state index contributed by atoms with van der Waals surface area (Å²) in [4.78, 5) is 11.8. The van der Waals surface area contributed by atoms with E-state index in [-0.39, 0.29) is 5.57 Å². The number of methoxy groups -OCH3 is 1. The molecule has 1 aliphatic carbocycles. The van der Waals surface area contributed by atoms with E-state index >= 15 is 0 Å². The van der Waals surface area contributed by atoms with Crippen LogP contribution in [0.3, 0.4) is 0 Å². The highest BCUT2D eigenvalue weighted by atomic mass is 16.8. The highest BCUT2D eigenvalue weighted by Crippen LogP contribution is 2.40. The van der Waals surface area contributed by atoms with Gasteiger partial charge in [-0.15, -0.1) is 0 Å². The predicted octanol–water partition coefficient (Wildman–Crippen LogP) is -2.62. The van der Waals surface area contributed by atoms with E-state index < -0.39 is 67.5 Å². The minimum absolute atomic E-state index is 0.207.